The first kappa shape index (κ1) is 12.2. The Labute approximate surface area is 104 Å². The molecule has 1 aliphatic carbocycles. The molecule has 0 spiro atoms. The molecule has 90 valence electrons. The Morgan fingerprint density at radius 3 is 2.94 bits per heavy atom. The molecule has 0 bridgehead atoms. The summed E-state index contributed by atoms with van der Waals surface area (Å²) in [7, 11) is 0. The predicted octanol–water partition coefficient (Wildman–Crippen LogP) is 4.24. The van der Waals surface area contributed by atoms with Crippen LogP contribution >= 0.6 is 0 Å². The van der Waals surface area contributed by atoms with Gasteiger partial charge in [-0.15, -0.1) is 0 Å². The molecular weight excluding hydrogens is 206 g/mol. The van der Waals surface area contributed by atoms with Crippen molar-refractivity contribution in [3.63, 3.8) is 0 Å². The molecule has 0 amide bonds. The summed E-state index contributed by atoms with van der Waals surface area (Å²) >= 11 is 0. The number of benzene rings is 1. The van der Waals surface area contributed by atoms with Gasteiger partial charge in [0.25, 0.3) is 0 Å². The number of fused-ring (bicyclic) bond motifs is 1. The van der Waals surface area contributed by atoms with E-state index in [2.05, 4.69) is 25.1 Å². The van der Waals surface area contributed by atoms with Gasteiger partial charge in [0.1, 0.15) is 0 Å². The van der Waals surface area contributed by atoms with Crippen LogP contribution < -0.4 is 0 Å². The quantitative estimate of drug-likeness (QED) is 0.706. The summed E-state index contributed by atoms with van der Waals surface area (Å²) in [5, 5.41) is 8.88. The van der Waals surface area contributed by atoms with Crippen LogP contribution in [0, 0.1) is 17.2 Å². The van der Waals surface area contributed by atoms with Crippen LogP contribution in [0.4, 0.5) is 0 Å². The first-order valence-corrected chi connectivity index (χ1v) is 6.85. The fraction of sp³-hybridized carbons (Fsp3) is 0.562. The summed E-state index contributed by atoms with van der Waals surface area (Å²) < 4.78 is 0. The molecule has 0 fully saturated rings. The molecule has 0 aromatic heterocycles. The summed E-state index contributed by atoms with van der Waals surface area (Å²) in [5.41, 5.74) is 3.71. The van der Waals surface area contributed by atoms with Gasteiger partial charge in [-0.25, -0.2) is 0 Å². The molecule has 1 unspecified atom stereocenters. The third-order valence-electron chi connectivity index (χ3n) is 3.88. The first-order valence-electron chi connectivity index (χ1n) is 6.85. The molecule has 0 radical (unpaired) electrons. The maximum Gasteiger partial charge on any atom is 0.0991 e. The number of rotatable bonds is 4. The Morgan fingerprint density at radius 1 is 1.29 bits per heavy atom. The minimum absolute atomic E-state index is 0.813. The third kappa shape index (κ3) is 3.09. The fourth-order valence-electron chi connectivity index (χ4n) is 2.83. The SMILES string of the molecule is CCCCCC1CCc2cc(C#N)ccc2C1. The summed E-state index contributed by atoms with van der Waals surface area (Å²) in [4.78, 5) is 0. The zero-order valence-electron chi connectivity index (χ0n) is 10.7. The first-order chi connectivity index (χ1) is 8.33. The summed E-state index contributed by atoms with van der Waals surface area (Å²) in [6, 6.07) is 8.44. The lowest BCUT2D eigenvalue weighted by molar-refractivity contribution is 0.408. The van der Waals surface area contributed by atoms with Gasteiger partial charge in [-0.2, -0.15) is 5.26 Å². The van der Waals surface area contributed by atoms with E-state index in [9.17, 15) is 0 Å². The Kier molecular flexibility index (Phi) is 4.20. The lowest BCUT2D eigenvalue weighted by Gasteiger charge is -2.24. The number of hydrogen-bond acceptors (Lipinski definition) is 1. The Balaban J connectivity index is 1.97. The zero-order chi connectivity index (χ0) is 12.1. The summed E-state index contributed by atoms with van der Waals surface area (Å²) in [6.07, 6.45) is 9.16. The maximum atomic E-state index is 8.88. The lowest BCUT2D eigenvalue weighted by Crippen LogP contribution is -2.14. The van der Waals surface area contributed by atoms with Crippen molar-refractivity contribution in [3.8, 4) is 6.07 Å². The average molecular weight is 227 g/mol. The van der Waals surface area contributed by atoms with E-state index in [1.165, 1.54) is 56.1 Å². The van der Waals surface area contributed by atoms with Crippen molar-refractivity contribution in [1.82, 2.24) is 0 Å². The van der Waals surface area contributed by atoms with Crippen molar-refractivity contribution in [2.75, 3.05) is 0 Å². The normalized spacial score (nSPS) is 18.5. The molecule has 2 rings (SSSR count). The van der Waals surface area contributed by atoms with Crippen LogP contribution in [0.3, 0.4) is 0 Å². The molecule has 1 atom stereocenters. The number of aryl methyl sites for hydroxylation is 1. The van der Waals surface area contributed by atoms with Crippen molar-refractivity contribution >= 4 is 0 Å². The highest BCUT2D eigenvalue weighted by Gasteiger charge is 2.18. The molecular formula is C16H21N. The predicted molar refractivity (Wildman–Crippen MR) is 70.8 cm³/mol. The molecule has 1 aromatic carbocycles. The second-order valence-electron chi connectivity index (χ2n) is 5.20. The van der Waals surface area contributed by atoms with E-state index in [1.54, 1.807) is 0 Å². The smallest absolute Gasteiger partial charge is 0.0991 e. The average Bonchev–Trinajstić information content (AvgIpc) is 2.38. The van der Waals surface area contributed by atoms with Crippen LogP contribution in [0.25, 0.3) is 0 Å². The van der Waals surface area contributed by atoms with Crippen molar-refractivity contribution < 1.29 is 0 Å². The summed E-state index contributed by atoms with van der Waals surface area (Å²) in [6.45, 7) is 2.26. The monoisotopic (exact) mass is 227 g/mol. The third-order valence-corrected chi connectivity index (χ3v) is 3.88. The van der Waals surface area contributed by atoms with Gasteiger partial charge in [0.05, 0.1) is 11.6 Å². The van der Waals surface area contributed by atoms with Gasteiger partial charge in [-0.3, -0.25) is 0 Å². The minimum Gasteiger partial charge on any atom is -0.192 e. The van der Waals surface area contributed by atoms with Crippen LogP contribution in [0.15, 0.2) is 18.2 Å². The van der Waals surface area contributed by atoms with Gasteiger partial charge in [0.15, 0.2) is 0 Å². The van der Waals surface area contributed by atoms with Crippen molar-refractivity contribution in [2.45, 2.75) is 51.9 Å². The zero-order valence-corrected chi connectivity index (χ0v) is 10.7. The van der Waals surface area contributed by atoms with Crippen LogP contribution in [0.5, 0.6) is 0 Å². The van der Waals surface area contributed by atoms with Crippen LogP contribution in [-0.4, -0.2) is 0 Å². The van der Waals surface area contributed by atoms with Gasteiger partial charge in [-0.1, -0.05) is 38.7 Å². The molecule has 1 aliphatic rings. The van der Waals surface area contributed by atoms with E-state index in [-0.39, 0.29) is 0 Å². The molecule has 17 heavy (non-hydrogen) atoms. The standard InChI is InChI=1S/C16H21N/c1-2-3-4-5-13-6-8-16-11-14(12-17)7-9-15(16)10-13/h7,9,11,13H,2-6,8,10H2,1H3. The second kappa shape index (κ2) is 5.87. The molecule has 0 saturated carbocycles. The van der Waals surface area contributed by atoms with Gasteiger partial charge >= 0.3 is 0 Å². The van der Waals surface area contributed by atoms with Crippen LogP contribution in [0.1, 0.15) is 55.7 Å². The Morgan fingerprint density at radius 2 is 2.18 bits per heavy atom. The molecule has 0 heterocycles. The number of hydrogen-bond donors (Lipinski definition) is 0. The molecule has 1 aromatic rings. The van der Waals surface area contributed by atoms with E-state index >= 15 is 0 Å². The highest BCUT2D eigenvalue weighted by Crippen LogP contribution is 2.29. The molecule has 0 N–H and O–H groups in total. The van der Waals surface area contributed by atoms with Gasteiger partial charge in [-0.05, 0) is 48.4 Å². The van der Waals surface area contributed by atoms with Crippen molar-refractivity contribution in [1.29, 1.82) is 5.26 Å². The highest BCUT2D eigenvalue weighted by atomic mass is 14.3. The topological polar surface area (TPSA) is 23.8 Å². The van der Waals surface area contributed by atoms with Gasteiger partial charge < -0.3 is 0 Å². The highest BCUT2D eigenvalue weighted by molar-refractivity contribution is 5.39. The number of nitriles is 1. The number of nitrogens with zero attached hydrogens (tertiary/aromatic N) is 1. The van der Waals surface area contributed by atoms with Crippen molar-refractivity contribution in [2.24, 2.45) is 5.92 Å². The van der Waals surface area contributed by atoms with E-state index in [4.69, 9.17) is 5.26 Å². The largest absolute Gasteiger partial charge is 0.192 e. The molecule has 0 saturated heterocycles. The van der Waals surface area contributed by atoms with Gasteiger partial charge in [0, 0.05) is 0 Å². The Bertz CT molecular complexity index is 414. The van der Waals surface area contributed by atoms with Crippen molar-refractivity contribution in [3.05, 3.63) is 34.9 Å². The number of unbranched alkanes of at least 4 members (excludes halogenated alkanes) is 2. The molecule has 1 heteroatoms. The second-order valence-corrected chi connectivity index (χ2v) is 5.20. The minimum atomic E-state index is 0.813. The lowest BCUT2D eigenvalue weighted by atomic mass is 9.81. The van der Waals surface area contributed by atoms with E-state index in [1.807, 2.05) is 6.07 Å². The van der Waals surface area contributed by atoms with E-state index in [0.717, 1.165) is 11.5 Å². The van der Waals surface area contributed by atoms with Crippen LogP contribution in [0.2, 0.25) is 0 Å². The molecule has 1 nitrogen and oxygen atoms in total. The summed E-state index contributed by atoms with van der Waals surface area (Å²) in [5.74, 6) is 0.877. The molecule has 0 aliphatic heterocycles. The fourth-order valence-corrected chi connectivity index (χ4v) is 2.83. The van der Waals surface area contributed by atoms with Gasteiger partial charge in [0.2, 0.25) is 0 Å². The Hall–Kier alpha value is -1.29. The van der Waals surface area contributed by atoms with E-state index in [0.29, 0.717) is 0 Å². The van der Waals surface area contributed by atoms with E-state index < -0.39 is 0 Å². The van der Waals surface area contributed by atoms with Crippen LogP contribution in [-0.2, 0) is 12.8 Å². The maximum absolute atomic E-state index is 8.88.